The van der Waals surface area contributed by atoms with Gasteiger partial charge in [-0.25, -0.2) is 4.98 Å². The maximum absolute atomic E-state index is 12.5. The van der Waals surface area contributed by atoms with E-state index in [-0.39, 0.29) is 30.7 Å². The van der Waals surface area contributed by atoms with E-state index in [1.807, 2.05) is 34.5 Å². The summed E-state index contributed by atoms with van der Waals surface area (Å²) in [4.78, 5) is 19.1. The summed E-state index contributed by atoms with van der Waals surface area (Å²) in [6.07, 6.45) is 0.397. The van der Waals surface area contributed by atoms with E-state index in [1.54, 1.807) is 11.3 Å². The molecule has 2 aliphatic heterocycles. The molecular formula is C19H25Cl2N3O2S. The van der Waals surface area contributed by atoms with Crippen molar-refractivity contribution in [3.8, 4) is 5.75 Å². The van der Waals surface area contributed by atoms with Crippen molar-refractivity contribution in [1.82, 2.24) is 15.2 Å². The molecule has 0 saturated carbocycles. The van der Waals surface area contributed by atoms with Crippen molar-refractivity contribution in [3.05, 3.63) is 45.9 Å². The highest BCUT2D eigenvalue weighted by Crippen LogP contribution is 2.27. The van der Waals surface area contributed by atoms with Gasteiger partial charge in [0.15, 0.2) is 0 Å². The third-order valence-electron chi connectivity index (χ3n) is 5.06. The lowest BCUT2D eigenvalue weighted by Crippen LogP contribution is -2.33. The van der Waals surface area contributed by atoms with Crippen molar-refractivity contribution < 1.29 is 9.53 Å². The van der Waals surface area contributed by atoms with Crippen LogP contribution in [0.2, 0.25) is 0 Å². The fourth-order valence-corrected chi connectivity index (χ4v) is 4.31. The molecule has 2 saturated heterocycles. The zero-order chi connectivity index (χ0) is 17.2. The van der Waals surface area contributed by atoms with Crippen molar-refractivity contribution in [2.24, 2.45) is 11.8 Å². The molecular weight excluding hydrogens is 405 g/mol. The van der Waals surface area contributed by atoms with Gasteiger partial charge in [-0.1, -0.05) is 17.7 Å². The van der Waals surface area contributed by atoms with Crippen LogP contribution in [-0.4, -0.2) is 42.0 Å². The Balaban J connectivity index is 0.00000131. The molecule has 1 aromatic heterocycles. The molecule has 0 aliphatic carbocycles. The fourth-order valence-electron chi connectivity index (χ4n) is 3.60. The van der Waals surface area contributed by atoms with Crippen molar-refractivity contribution in [2.45, 2.75) is 20.0 Å². The standard InChI is InChI=1S/C19H23N3O2S.2ClH/c1-13-2-4-17(5-3-13)24-11-18-21-16(12-25-18)6-19(23)22-9-14-7-20-8-15(14)10-22;;/h2-5,12,14-15,20H,6-11H2,1H3;2*1H/t14-,15+;;. The first-order valence-electron chi connectivity index (χ1n) is 8.78. The predicted octanol–water partition coefficient (Wildman–Crippen LogP) is 3.09. The number of hydrogen-bond donors (Lipinski definition) is 1. The number of carbonyl (C=O) groups is 1. The van der Waals surface area contributed by atoms with E-state index in [9.17, 15) is 4.79 Å². The van der Waals surface area contributed by atoms with Gasteiger partial charge in [-0.2, -0.15) is 0 Å². The number of hydrogen-bond acceptors (Lipinski definition) is 5. The van der Waals surface area contributed by atoms with E-state index in [2.05, 4.69) is 17.2 Å². The van der Waals surface area contributed by atoms with E-state index in [0.717, 1.165) is 42.6 Å². The van der Waals surface area contributed by atoms with Crippen molar-refractivity contribution in [3.63, 3.8) is 0 Å². The topological polar surface area (TPSA) is 54.5 Å². The molecule has 0 radical (unpaired) electrons. The average Bonchev–Trinajstić information content (AvgIpc) is 3.30. The highest BCUT2D eigenvalue weighted by atomic mass is 35.5. The number of benzene rings is 1. The van der Waals surface area contributed by atoms with Crippen molar-refractivity contribution in [2.75, 3.05) is 26.2 Å². The second-order valence-corrected chi connectivity index (χ2v) is 7.93. The van der Waals surface area contributed by atoms with E-state index in [0.29, 0.717) is 24.9 Å². The maximum Gasteiger partial charge on any atom is 0.228 e. The van der Waals surface area contributed by atoms with E-state index < -0.39 is 0 Å². The lowest BCUT2D eigenvalue weighted by atomic mass is 10.0. The minimum Gasteiger partial charge on any atom is -0.486 e. The second-order valence-electron chi connectivity index (χ2n) is 6.99. The Morgan fingerprint density at radius 1 is 1.22 bits per heavy atom. The van der Waals surface area contributed by atoms with Crippen molar-refractivity contribution >= 4 is 42.1 Å². The first-order chi connectivity index (χ1) is 12.2. The number of nitrogens with one attached hydrogen (secondary N) is 1. The van der Waals surface area contributed by atoms with Gasteiger partial charge in [-0.3, -0.25) is 4.79 Å². The number of carbonyl (C=O) groups excluding carboxylic acids is 1. The van der Waals surface area contributed by atoms with Crippen LogP contribution in [-0.2, 0) is 17.8 Å². The Bertz CT molecular complexity index is 742. The monoisotopic (exact) mass is 429 g/mol. The average molecular weight is 430 g/mol. The molecule has 2 aromatic rings. The van der Waals surface area contributed by atoms with Crippen LogP contribution in [0.5, 0.6) is 5.75 Å². The second kappa shape index (κ2) is 9.73. The van der Waals surface area contributed by atoms with E-state index in [4.69, 9.17) is 4.74 Å². The summed E-state index contributed by atoms with van der Waals surface area (Å²) in [5.74, 6) is 2.32. The number of rotatable bonds is 5. The first-order valence-corrected chi connectivity index (χ1v) is 9.66. The van der Waals surface area contributed by atoms with Crippen LogP contribution >= 0.6 is 36.2 Å². The fraction of sp³-hybridized carbons (Fsp3) is 0.474. The molecule has 2 fully saturated rings. The van der Waals surface area contributed by atoms with Gasteiger partial charge in [0, 0.05) is 31.6 Å². The highest BCUT2D eigenvalue weighted by molar-refractivity contribution is 7.09. The minimum absolute atomic E-state index is 0. The van der Waals surface area contributed by atoms with Gasteiger partial charge in [0.05, 0.1) is 12.1 Å². The van der Waals surface area contributed by atoms with Gasteiger partial charge in [0.2, 0.25) is 5.91 Å². The minimum atomic E-state index is 0. The van der Waals surface area contributed by atoms with Gasteiger partial charge in [0.1, 0.15) is 17.4 Å². The SMILES string of the molecule is Cc1ccc(OCc2nc(CC(=O)N3C[C@H]4CNC[C@H]4C3)cs2)cc1.Cl.Cl. The molecule has 4 rings (SSSR count). The maximum atomic E-state index is 12.5. The summed E-state index contributed by atoms with van der Waals surface area (Å²) in [7, 11) is 0. The zero-order valence-electron chi connectivity index (χ0n) is 15.2. The van der Waals surface area contributed by atoms with Crippen LogP contribution in [0.25, 0.3) is 0 Å². The lowest BCUT2D eigenvalue weighted by Gasteiger charge is -2.16. The zero-order valence-corrected chi connectivity index (χ0v) is 17.7. The van der Waals surface area contributed by atoms with Crippen LogP contribution < -0.4 is 10.1 Å². The van der Waals surface area contributed by atoms with E-state index >= 15 is 0 Å². The van der Waals surface area contributed by atoms with Crippen LogP contribution in [0.3, 0.4) is 0 Å². The van der Waals surface area contributed by atoms with E-state index in [1.165, 1.54) is 5.56 Å². The largest absolute Gasteiger partial charge is 0.486 e. The van der Waals surface area contributed by atoms with Gasteiger partial charge in [-0.15, -0.1) is 36.2 Å². The Morgan fingerprint density at radius 2 is 1.89 bits per heavy atom. The van der Waals surface area contributed by atoms with Crippen molar-refractivity contribution in [1.29, 1.82) is 0 Å². The van der Waals surface area contributed by atoms with Crippen LogP contribution in [0.4, 0.5) is 0 Å². The van der Waals surface area contributed by atoms with Gasteiger partial charge < -0.3 is 15.0 Å². The molecule has 27 heavy (non-hydrogen) atoms. The van der Waals surface area contributed by atoms with Crippen LogP contribution in [0.15, 0.2) is 29.6 Å². The first kappa shape index (κ1) is 22.0. The molecule has 8 heteroatoms. The van der Waals surface area contributed by atoms with Gasteiger partial charge in [0.25, 0.3) is 0 Å². The number of amides is 1. The summed E-state index contributed by atoms with van der Waals surface area (Å²) >= 11 is 1.56. The Labute approximate surface area is 176 Å². The Hall–Kier alpha value is -1.34. The smallest absolute Gasteiger partial charge is 0.228 e. The van der Waals surface area contributed by atoms with Gasteiger partial charge >= 0.3 is 0 Å². The van der Waals surface area contributed by atoms with Gasteiger partial charge in [-0.05, 0) is 30.9 Å². The number of nitrogens with zero attached hydrogens (tertiary/aromatic N) is 2. The predicted molar refractivity (Wildman–Crippen MR) is 112 cm³/mol. The number of likely N-dealkylation sites (tertiary alicyclic amines) is 1. The summed E-state index contributed by atoms with van der Waals surface area (Å²) in [6, 6.07) is 7.99. The summed E-state index contributed by atoms with van der Waals surface area (Å²) < 4.78 is 5.76. The third-order valence-corrected chi connectivity index (χ3v) is 5.93. The summed E-state index contributed by atoms with van der Waals surface area (Å²) in [5.41, 5.74) is 2.07. The number of ether oxygens (including phenoxy) is 1. The number of aromatic nitrogens is 1. The third kappa shape index (κ3) is 5.35. The number of aryl methyl sites for hydroxylation is 1. The Kier molecular flexibility index (Phi) is 7.91. The molecule has 3 heterocycles. The van der Waals surface area contributed by atoms with Crippen LogP contribution in [0.1, 0.15) is 16.3 Å². The summed E-state index contributed by atoms with van der Waals surface area (Å²) in [5, 5.41) is 6.29. The molecule has 0 spiro atoms. The number of fused-ring (bicyclic) bond motifs is 1. The normalized spacial score (nSPS) is 20.6. The van der Waals surface area contributed by atoms with Crippen LogP contribution in [0, 0.1) is 18.8 Å². The molecule has 1 aromatic carbocycles. The highest BCUT2D eigenvalue weighted by Gasteiger charge is 2.37. The Morgan fingerprint density at radius 3 is 2.56 bits per heavy atom. The molecule has 1 amide bonds. The summed E-state index contributed by atoms with van der Waals surface area (Å²) in [6.45, 7) is 6.38. The molecule has 0 unspecified atom stereocenters. The number of halogens is 2. The molecule has 0 bridgehead atoms. The molecule has 2 aliphatic rings. The number of thiazole rings is 1. The molecule has 5 nitrogen and oxygen atoms in total. The molecule has 2 atom stereocenters. The lowest BCUT2D eigenvalue weighted by molar-refractivity contribution is -0.129. The molecule has 148 valence electrons. The molecule has 1 N–H and O–H groups in total. The quantitative estimate of drug-likeness (QED) is 0.792.